The molecule has 4 rings (SSSR count). The number of allylic oxidation sites excluding steroid dienone is 1. The normalized spacial score (nSPS) is 15.0. The molecular weight excluding hydrogens is 479 g/mol. The van der Waals surface area contributed by atoms with Crippen molar-refractivity contribution in [1.82, 2.24) is 20.2 Å². The van der Waals surface area contributed by atoms with Gasteiger partial charge in [0.05, 0.1) is 16.4 Å². The Bertz CT molecular complexity index is 1200. The van der Waals surface area contributed by atoms with Crippen LogP contribution in [0.5, 0.6) is 0 Å². The third-order valence-corrected chi connectivity index (χ3v) is 6.51. The fraction of sp³-hybridized carbons (Fsp3) is 0.280. The zero-order valence-electron chi connectivity index (χ0n) is 18.5. The lowest BCUT2D eigenvalue weighted by Crippen LogP contribution is -2.45. The third-order valence-electron chi connectivity index (χ3n) is 5.72. The van der Waals surface area contributed by atoms with Crippen molar-refractivity contribution < 1.29 is 4.79 Å². The fourth-order valence-electron chi connectivity index (χ4n) is 4.08. The number of hydrogen-bond donors (Lipinski definition) is 1. The molecule has 5 nitrogen and oxygen atoms in total. The van der Waals surface area contributed by atoms with Crippen LogP contribution in [0.1, 0.15) is 53.5 Å². The molecule has 1 amide bonds. The Morgan fingerprint density at radius 1 is 1.00 bits per heavy atom. The molecule has 172 valence electrons. The van der Waals surface area contributed by atoms with E-state index < -0.39 is 0 Å². The van der Waals surface area contributed by atoms with Crippen LogP contribution in [0.2, 0.25) is 15.1 Å². The summed E-state index contributed by atoms with van der Waals surface area (Å²) < 4.78 is 1.72. The van der Waals surface area contributed by atoms with E-state index in [1.165, 1.54) is 6.42 Å². The van der Waals surface area contributed by atoms with Crippen LogP contribution in [0.4, 0.5) is 0 Å². The molecule has 0 saturated carbocycles. The van der Waals surface area contributed by atoms with Crippen molar-refractivity contribution in [1.29, 1.82) is 0 Å². The Hall–Kier alpha value is -2.31. The SMILES string of the molecule is C/C(=C\c1ccc(Cl)cc1)c1c(C)c(C(=O)NN2CCCCC2)nn1-c1ccc(Cl)cc1Cl. The zero-order chi connectivity index (χ0) is 23.5. The number of nitrogens with one attached hydrogen (secondary N) is 1. The molecule has 1 saturated heterocycles. The van der Waals surface area contributed by atoms with E-state index in [0.717, 1.165) is 48.3 Å². The van der Waals surface area contributed by atoms with Crippen LogP contribution in [0.15, 0.2) is 42.5 Å². The smallest absolute Gasteiger partial charge is 0.283 e. The first-order valence-electron chi connectivity index (χ1n) is 10.9. The molecule has 0 aliphatic carbocycles. The quantitative estimate of drug-likeness (QED) is 0.415. The number of halogens is 3. The van der Waals surface area contributed by atoms with Crippen LogP contribution in [-0.4, -0.2) is 33.8 Å². The predicted molar refractivity (Wildman–Crippen MR) is 136 cm³/mol. The van der Waals surface area contributed by atoms with E-state index in [0.29, 0.717) is 26.4 Å². The Kier molecular flexibility index (Phi) is 7.45. The molecule has 0 radical (unpaired) electrons. The first-order chi connectivity index (χ1) is 15.8. The first kappa shape index (κ1) is 23.8. The van der Waals surface area contributed by atoms with Gasteiger partial charge in [-0.05, 0) is 74.2 Å². The highest BCUT2D eigenvalue weighted by molar-refractivity contribution is 6.35. The van der Waals surface area contributed by atoms with Crippen molar-refractivity contribution in [3.8, 4) is 5.69 Å². The van der Waals surface area contributed by atoms with Crippen molar-refractivity contribution in [2.75, 3.05) is 13.1 Å². The zero-order valence-corrected chi connectivity index (χ0v) is 20.8. The summed E-state index contributed by atoms with van der Waals surface area (Å²) >= 11 is 18.7. The lowest BCUT2D eigenvalue weighted by molar-refractivity contribution is 0.0743. The van der Waals surface area contributed by atoms with Gasteiger partial charge in [-0.25, -0.2) is 9.69 Å². The minimum Gasteiger partial charge on any atom is -0.283 e. The largest absolute Gasteiger partial charge is 0.286 e. The van der Waals surface area contributed by atoms with Crippen LogP contribution in [0.3, 0.4) is 0 Å². The third kappa shape index (κ3) is 5.44. The van der Waals surface area contributed by atoms with Crippen LogP contribution < -0.4 is 5.43 Å². The molecule has 1 N–H and O–H groups in total. The highest BCUT2D eigenvalue weighted by atomic mass is 35.5. The Morgan fingerprint density at radius 3 is 2.33 bits per heavy atom. The van der Waals surface area contributed by atoms with Crippen molar-refractivity contribution in [2.45, 2.75) is 33.1 Å². The number of rotatable bonds is 5. The topological polar surface area (TPSA) is 50.2 Å². The second-order valence-electron chi connectivity index (χ2n) is 8.20. The van der Waals surface area contributed by atoms with E-state index in [-0.39, 0.29) is 5.91 Å². The van der Waals surface area contributed by atoms with Gasteiger partial charge in [-0.2, -0.15) is 5.10 Å². The Balaban J connectivity index is 1.78. The maximum absolute atomic E-state index is 13.2. The lowest BCUT2D eigenvalue weighted by atomic mass is 10.0. The van der Waals surface area contributed by atoms with E-state index in [9.17, 15) is 4.79 Å². The van der Waals surface area contributed by atoms with Crippen molar-refractivity contribution in [2.24, 2.45) is 0 Å². The lowest BCUT2D eigenvalue weighted by Gasteiger charge is -2.26. The van der Waals surface area contributed by atoms with Gasteiger partial charge >= 0.3 is 0 Å². The predicted octanol–water partition coefficient (Wildman–Crippen LogP) is 6.83. The number of nitrogens with zero attached hydrogens (tertiary/aromatic N) is 3. The Labute approximate surface area is 208 Å². The van der Waals surface area contributed by atoms with Crippen molar-refractivity contribution in [3.63, 3.8) is 0 Å². The van der Waals surface area contributed by atoms with Crippen molar-refractivity contribution in [3.05, 3.63) is 80.0 Å². The Morgan fingerprint density at radius 2 is 1.67 bits per heavy atom. The molecule has 1 aliphatic rings. The molecule has 3 aromatic rings. The van der Waals surface area contributed by atoms with Gasteiger partial charge < -0.3 is 0 Å². The molecule has 0 bridgehead atoms. The summed E-state index contributed by atoms with van der Waals surface area (Å²) in [6, 6.07) is 12.8. The van der Waals surface area contributed by atoms with Gasteiger partial charge in [0.1, 0.15) is 0 Å². The number of benzene rings is 2. The fourth-order valence-corrected chi connectivity index (χ4v) is 4.70. The van der Waals surface area contributed by atoms with Gasteiger partial charge in [0.15, 0.2) is 5.69 Å². The number of aromatic nitrogens is 2. The summed E-state index contributed by atoms with van der Waals surface area (Å²) in [5.41, 5.74) is 7.54. The highest BCUT2D eigenvalue weighted by Crippen LogP contribution is 2.31. The molecule has 8 heteroatoms. The molecule has 0 unspecified atom stereocenters. The highest BCUT2D eigenvalue weighted by Gasteiger charge is 2.24. The van der Waals surface area contributed by atoms with Crippen LogP contribution in [0.25, 0.3) is 17.3 Å². The van der Waals surface area contributed by atoms with Gasteiger partial charge in [-0.3, -0.25) is 10.2 Å². The number of carbonyl (C=O) groups excluding carboxylic acids is 1. The van der Waals surface area contributed by atoms with Gasteiger partial charge in [-0.15, -0.1) is 0 Å². The second-order valence-corrected chi connectivity index (χ2v) is 9.48. The van der Waals surface area contributed by atoms with Gasteiger partial charge in [0, 0.05) is 28.7 Å². The molecule has 33 heavy (non-hydrogen) atoms. The molecule has 0 atom stereocenters. The summed E-state index contributed by atoms with van der Waals surface area (Å²) in [7, 11) is 0. The first-order valence-corrected chi connectivity index (χ1v) is 12.0. The number of hydrazine groups is 1. The molecular formula is C25H25Cl3N4O. The minimum absolute atomic E-state index is 0.223. The van der Waals surface area contributed by atoms with Crippen LogP contribution in [0, 0.1) is 6.92 Å². The van der Waals surface area contributed by atoms with E-state index in [1.54, 1.807) is 16.8 Å². The van der Waals surface area contributed by atoms with E-state index in [4.69, 9.17) is 39.9 Å². The standard InChI is InChI=1S/C25H25Cl3N4O/c1-16(14-18-6-8-19(26)9-7-18)24-17(2)23(25(33)30-31-12-4-3-5-13-31)29-32(24)22-11-10-20(27)15-21(22)28/h6-11,14-15H,3-5,12-13H2,1-2H3,(H,30,33)/b16-14+. The summed E-state index contributed by atoms with van der Waals surface area (Å²) in [5.74, 6) is -0.223. The maximum atomic E-state index is 13.2. The molecule has 1 aliphatic heterocycles. The number of carbonyl (C=O) groups is 1. The molecule has 1 aromatic heterocycles. The molecule has 1 fully saturated rings. The number of hydrogen-bond acceptors (Lipinski definition) is 3. The average Bonchev–Trinajstić information content (AvgIpc) is 3.13. The van der Waals surface area contributed by atoms with Crippen LogP contribution >= 0.6 is 34.8 Å². The summed E-state index contributed by atoms with van der Waals surface area (Å²) in [6.45, 7) is 5.59. The van der Waals surface area contributed by atoms with Gasteiger partial charge in [0.25, 0.3) is 5.91 Å². The van der Waals surface area contributed by atoms with Crippen LogP contribution in [-0.2, 0) is 0 Å². The molecule has 2 aromatic carbocycles. The van der Waals surface area contributed by atoms with Crippen molar-refractivity contribution >= 4 is 52.4 Å². The summed E-state index contributed by atoms with van der Waals surface area (Å²) in [5, 5.41) is 8.33. The van der Waals surface area contributed by atoms with Gasteiger partial charge in [-0.1, -0.05) is 53.4 Å². The second kappa shape index (κ2) is 10.3. The minimum atomic E-state index is -0.223. The maximum Gasteiger partial charge on any atom is 0.286 e. The monoisotopic (exact) mass is 502 g/mol. The van der Waals surface area contributed by atoms with Gasteiger partial charge in [0.2, 0.25) is 0 Å². The number of piperidine rings is 1. The van der Waals surface area contributed by atoms with E-state index in [1.807, 2.05) is 55.3 Å². The summed E-state index contributed by atoms with van der Waals surface area (Å²) in [4.78, 5) is 13.2. The summed E-state index contributed by atoms with van der Waals surface area (Å²) in [6.07, 6.45) is 5.37. The molecule has 2 heterocycles. The number of amides is 1. The molecule has 0 spiro atoms. The van der Waals surface area contributed by atoms with E-state index >= 15 is 0 Å². The van der Waals surface area contributed by atoms with E-state index in [2.05, 4.69) is 5.43 Å². The average molecular weight is 504 g/mol.